The molecule has 1 saturated heterocycles. The van der Waals surface area contributed by atoms with Gasteiger partial charge in [-0.3, -0.25) is 9.69 Å². The highest BCUT2D eigenvalue weighted by molar-refractivity contribution is 6.07. The van der Waals surface area contributed by atoms with E-state index in [9.17, 15) is 9.59 Å². The molecule has 1 aromatic carbocycles. The number of aromatic nitrogens is 2. The highest BCUT2D eigenvalue weighted by Crippen LogP contribution is 2.39. The monoisotopic (exact) mass is 366 g/mol. The Hall–Kier alpha value is -2.96. The molecule has 1 atom stereocenters. The number of hydrogen-bond donors (Lipinski definition) is 1. The van der Waals surface area contributed by atoms with Gasteiger partial charge in [0.2, 0.25) is 0 Å². The molecule has 1 aromatic heterocycles. The summed E-state index contributed by atoms with van der Waals surface area (Å²) in [5, 5.41) is 3.00. The Morgan fingerprint density at radius 2 is 2.07 bits per heavy atom. The largest absolute Gasteiger partial charge is 0.467 e. The zero-order valence-corrected chi connectivity index (χ0v) is 15.5. The van der Waals surface area contributed by atoms with Gasteiger partial charge in [-0.05, 0) is 43.7 Å². The molecule has 7 nitrogen and oxygen atoms in total. The van der Waals surface area contributed by atoms with E-state index in [0.717, 1.165) is 36.0 Å². The number of carbonyl (C=O) groups excluding carboxylic acids is 2. The van der Waals surface area contributed by atoms with Gasteiger partial charge in [-0.15, -0.1) is 0 Å². The summed E-state index contributed by atoms with van der Waals surface area (Å²) in [5.74, 6) is -0.197. The number of methoxy groups -OCH3 is 1. The van der Waals surface area contributed by atoms with E-state index in [-0.39, 0.29) is 24.5 Å². The molecule has 4 rings (SSSR count). The fourth-order valence-corrected chi connectivity index (χ4v) is 4.01. The summed E-state index contributed by atoms with van der Waals surface area (Å²) in [6.45, 7) is 1.96. The molecule has 1 spiro atoms. The van der Waals surface area contributed by atoms with Crippen molar-refractivity contribution in [2.45, 2.75) is 44.7 Å². The van der Waals surface area contributed by atoms with Crippen LogP contribution < -0.4 is 10.1 Å². The van der Waals surface area contributed by atoms with Crippen LogP contribution in [0.3, 0.4) is 0 Å². The lowest BCUT2D eigenvalue weighted by Gasteiger charge is -2.27. The molecule has 2 heterocycles. The van der Waals surface area contributed by atoms with Gasteiger partial charge >= 0.3 is 12.0 Å². The number of amides is 3. The standard InChI is InChI=1S/C20H22N4O3/c1-13-15(11-21-18(22-13)27-2)12-24-17(25)20(23-19(24)26)10-6-5-8-14-7-3-4-9-16(14)20/h3-4,7,9,11H,5-6,8,10,12H2,1-2H3,(H,23,26). The van der Waals surface area contributed by atoms with E-state index in [2.05, 4.69) is 15.3 Å². The van der Waals surface area contributed by atoms with Crippen molar-refractivity contribution in [1.29, 1.82) is 0 Å². The molecular weight excluding hydrogens is 344 g/mol. The van der Waals surface area contributed by atoms with Gasteiger partial charge in [-0.25, -0.2) is 14.8 Å². The number of aryl methyl sites for hydroxylation is 2. The quantitative estimate of drug-likeness (QED) is 0.844. The Bertz CT molecular complexity index is 914. The number of benzene rings is 1. The maximum Gasteiger partial charge on any atom is 0.325 e. The average molecular weight is 366 g/mol. The lowest BCUT2D eigenvalue weighted by atomic mass is 9.84. The smallest absolute Gasteiger partial charge is 0.325 e. The number of imide groups is 1. The van der Waals surface area contributed by atoms with Gasteiger partial charge in [-0.2, -0.15) is 0 Å². The Morgan fingerprint density at radius 3 is 2.85 bits per heavy atom. The summed E-state index contributed by atoms with van der Waals surface area (Å²) < 4.78 is 5.02. The second-order valence-electron chi connectivity index (χ2n) is 7.06. The predicted molar refractivity (Wildman–Crippen MR) is 98.1 cm³/mol. The molecule has 1 aliphatic carbocycles. The van der Waals surface area contributed by atoms with Crippen LogP contribution in [0, 0.1) is 6.92 Å². The molecule has 1 unspecified atom stereocenters. The first-order chi connectivity index (χ1) is 13.0. The van der Waals surface area contributed by atoms with Crippen LogP contribution in [-0.2, 0) is 23.3 Å². The Labute approximate surface area is 157 Å². The van der Waals surface area contributed by atoms with E-state index in [1.165, 1.54) is 12.0 Å². The molecule has 27 heavy (non-hydrogen) atoms. The van der Waals surface area contributed by atoms with E-state index in [1.54, 1.807) is 6.20 Å². The molecule has 1 fully saturated rings. The molecule has 2 aliphatic rings. The van der Waals surface area contributed by atoms with Crippen LogP contribution in [0.4, 0.5) is 4.79 Å². The first kappa shape index (κ1) is 17.5. The van der Waals surface area contributed by atoms with Gasteiger partial charge < -0.3 is 10.1 Å². The van der Waals surface area contributed by atoms with Gasteiger partial charge in [-0.1, -0.05) is 24.3 Å². The maximum atomic E-state index is 13.4. The minimum Gasteiger partial charge on any atom is -0.467 e. The predicted octanol–water partition coefficient (Wildman–Crippen LogP) is 2.47. The van der Waals surface area contributed by atoms with Crippen molar-refractivity contribution in [1.82, 2.24) is 20.2 Å². The summed E-state index contributed by atoms with van der Waals surface area (Å²) >= 11 is 0. The Balaban J connectivity index is 1.69. The summed E-state index contributed by atoms with van der Waals surface area (Å²) in [6, 6.07) is 7.81. The molecule has 1 aliphatic heterocycles. The first-order valence-electron chi connectivity index (χ1n) is 9.14. The molecule has 1 N–H and O–H groups in total. The van der Waals surface area contributed by atoms with Crippen LogP contribution in [0.2, 0.25) is 0 Å². The molecule has 140 valence electrons. The van der Waals surface area contributed by atoms with Crippen LogP contribution in [-0.4, -0.2) is 33.9 Å². The van der Waals surface area contributed by atoms with Crippen molar-refractivity contribution in [3.8, 4) is 6.01 Å². The number of fused-ring (bicyclic) bond motifs is 2. The highest BCUT2D eigenvalue weighted by atomic mass is 16.5. The lowest BCUT2D eigenvalue weighted by molar-refractivity contribution is -0.132. The zero-order valence-electron chi connectivity index (χ0n) is 15.5. The van der Waals surface area contributed by atoms with E-state index in [0.29, 0.717) is 12.1 Å². The van der Waals surface area contributed by atoms with E-state index in [4.69, 9.17) is 4.74 Å². The molecule has 7 heteroatoms. The first-order valence-corrected chi connectivity index (χ1v) is 9.14. The maximum absolute atomic E-state index is 13.4. The third-order valence-corrected chi connectivity index (χ3v) is 5.47. The molecular formula is C20H22N4O3. The SMILES string of the molecule is COc1ncc(CN2C(=O)NC3(CCCCc4ccccc43)C2=O)c(C)n1. The van der Waals surface area contributed by atoms with Crippen LogP contribution >= 0.6 is 0 Å². The third kappa shape index (κ3) is 2.83. The average Bonchev–Trinajstić information content (AvgIpc) is 2.82. The van der Waals surface area contributed by atoms with Crippen molar-refractivity contribution >= 4 is 11.9 Å². The summed E-state index contributed by atoms with van der Waals surface area (Å²) in [5.41, 5.74) is 2.49. The van der Waals surface area contributed by atoms with Gasteiger partial charge in [0, 0.05) is 17.5 Å². The van der Waals surface area contributed by atoms with Gasteiger partial charge in [0.1, 0.15) is 5.54 Å². The second kappa shape index (κ2) is 6.64. The number of carbonyl (C=O) groups is 2. The van der Waals surface area contributed by atoms with Crippen LogP contribution in [0.15, 0.2) is 30.5 Å². The van der Waals surface area contributed by atoms with E-state index >= 15 is 0 Å². The number of hydrogen-bond acceptors (Lipinski definition) is 5. The van der Waals surface area contributed by atoms with Crippen molar-refractivity contribution < 1.29 is 14.3 Å². The zero-order chi connectivity index (χ0) is 19.0. The number of urea groups is 1. The number of nitrogens with zero attached hydrogens (tertiary/aromatic N) is 3. The fourth-order valence-electron chi connectivity index (χ4n) is 4.01. The normalized spacial score (nSPS) is 21.8. The second-order valence-corrected chi connectivity index (χ2v) is 7.06. The van der Waals surface area contributed by atoms with Crippen LogP contribution in [0.25, 0.3) is 0 Å². The Kier molecular flexibility index (Phi) is 4.30. The summed E-state index contributed by atoms with van der Waals surface area (Å²) in [6.07, 6.45) is 5.04. The van der Waals surface area contributed by atoms with E-state index in [1.807, 2.05) is 31.2 Å². The topological polar surface area (TPSA) is 84.4 Å². The van der Waals surface area contributed by atoms with Crippen molar-refractivity contribution in [2.75, 3.05) is 7.11 Å². The van der Waals surface area contributed by atoms with Crippen LogP contribution in [0.5, 0.6) is 6.01 Å². The van der Waals surface area contributed by atoms with E-state index < -0.39 is 5.54 Å². The molecule has 2 aromatic rings. The minimum absolute atomic E-state index is 0.143. The summed E-state index contributed by atoms with van der Waals surface area (Å²) in [7, 11) is 1.50. The molecule has 3 amide bonds. The number of rotatable bonds is 3. The third-order valence-electron chi connectivity index (χ3n) is 5.47. The minimum atomic E-state index is -0.967. The molecule has 0 saturated carbocycles. The van der Waals surface area contributed by atoms with Gasteiger partial charge in [0.15, 0.2) is 0 Å². The molecule has 0 bridgehead atoms. The number of ether oxygens (including phenoxy) is 1. The van der Waals surface area contributed by atoms with Gasteiger partial charge in [0.05, 0.1) is 13.7 Å². The Morgan fingerprint density at radius 1 is 1.26 bits per heavy atom. The van der Waals surface area contributed by atoms with Crippen molar-refractivity contribution in [3.05, 3.63) is 52.8 Å². The number of nitrogens with one attached hydrogen (secondary N) is 1. The van der Waals surface area contributed by atoms with Crippen molar-refractivity contribution in [2.24, 2.45) is 0 Å². The van der Waals surface area contributed by atoms with Crippen molar-refractivity contribution in [3.63, 3.8) is 0 Å². The van der Waals surface area contributed by atoms with Crippen LogP contribution in [0.1, 0.15) is 41.6 Å². The van der Waals surface area contributed by atoms with Gasteiger partial charge in [0.25, 0.3) is 5.91 Å². The lowest BCUT2D eigenvalue weighted by Crippen LogP contribution is -2.44. The highest BCUT2D eigenvalue weighted by Gasteiger charge is 2.53. The fraction of sp³-hybridized carbons (Fsp3) is 0.400. The molecule has 0 radical (unpaired) electrons. The summed E-state index contributed by atoms with van der Waals surface area (Å²) in [4.78, 5) is 35.8.